The summed E-state index contributed by atoms with van der Waals surface area (Å²) >= 11 is 0. The zero-order valence-electron chi connectivity index (χ0n) is 13.0. The van der Waals surface area contributed by atoms with Crippen LogP contribution in [0.5, 0.6) is 0 Å². The molecule has 0 spiro atoms. The third kappa shape index (κ3) is 5.09. The van der Waals surface area contributed by atoms with Crippen molar-refractivity contribution in [3.05, 3.63) is 30.3 Å². The zero-order chi connectivity index (χ0) is 16.7. The van der Waals surface area contributed by atoms with Crippen molar-refractivity contribution in [2.24, 2.45) is 5.92 Å². The van der Waals surface area contributed by atoms with Gasteiger partial charge in [0.05, 0.1) is 6.54 Å². The highest BCUT2D eigenvalue weighted by Gasteiger charge is 2.23. The largest absolute Gasteiger partial charge is 0.480 e. The fourth-order valence-electron chi connectivity index (χ4n) is 2.83. The van der Waals surface area contributed by atoms with Crippen LogP contribution in [0.3, 0.4) is 0 Å². The average molecular weight is 318 g/mol. The van der Waals surface area contributed by atoms with Crippen LogP contribution in [0.1, 0.15) is 32.1 Å². The third-order valence-corrected chi connectivity index (χ3v) is 4.05. The second-order valence-corrected chi connectivity index (χ2v) is 5.76. The molecule has 6 nitrogen and oxygen atoms in total. The van der Waals surface area contributed by atoms with E-state index in [-0.39, 0.29) is 18.4 Å². The number of aliphatic carboxylic acids is 1. The molecule has 124 valence electrons. The minimum absolute atomic E-state index is 0.0267. The van der Waals surface area contributed by atoms with Gasteiger partial charge in [-0.25, -0.2) is 0 Å². The van der Waals surface area contributed by atoms with Gasteiger partial charge in [-0.2, -0.15) is 0 Å². The Morgan fingerprint density at radius 1 is 1.09 bits per heavy atom. The summed E-state index contributed by atoms with van der Waals surface area (Å²) in [5.41, 5.74) is 0.506. The van der Waals surface area contributed by atoms with Crippen molar-refractivity contribution in [2.45, 2.75) is 32.1 Å². The van der Waals surface area contributed by atoms with Gasteiger partial charge < -0.3 is 10.4 Å². The number of nitrogens with zero attached hydrogens (tertiary/aromatic N) is 1. The summed E-state index contributed by atoms with van der Waals surface area (Å²) in [6.45, 7) is -0.611. The molecule has 0 saturated heterocycles. The van der Waals surface area contributed by atoms with Gasteiger partial charge in [0.1, 0.15) is 6.54 Å². The van der Waals surface area contributed by atoms with Gasteiger partial charge in [0, 0.05) is 11.6 Å². The van der Waals surface area contributed by atoms with Crippen LogP contribution in [0.4, 0.5) is 5.69 Å². The van der Waals surface area contributed by atoms with E-state index in [1.54, 1.807) is 30.3 Å². The molecule has 1 saturated carbocycles. The van der Waals surface area contributed by atoms with Crippen LogP contribution < -0.4 is 10.2 Å². The van der Waals surface area contributed by atoms with E-state index in [9.17, 15) is 14.4 Å². The van der Waals surface area contributed by atoms with Crippen LogP contribution in [-0.4, -0.2) is 36.0 Å². The van der Waals surface area contributed by atoms with Crippen LogP contribution in [0, 0.1) is 5.92 Å². The molecule has 0 bridgehead atoms. The standard InChI is InChI=1S/C17H22N2O4/c20-15(11-18-17(23)13-7-3-1-4-8-13)19(12-16(21)22)14-9-5-2-6-10-14/h2,5-6,9-10,13H,1,3-4,7-8,11-12H2,(H,18,23)(H,21,22). The van der Waals surface area contributed by atoms with E-state index in [2.05, 4.69) is 5.32 Å². The normalized spacial score (nSPS) is 15.0. The second-order valence-electron chi connectivity index (χ2n) is 5.76. The number of rotatable bonds is 6. The molecule has 2 amide bonds. The van der Waals surface area contributed by atoms with Gasteiger partial charge in [-0.05, 0) is 25.0 Å². The molecular weight excluding hydrogens is 296 g/mol. The first kappa shape index (κ1) is 17.0. The van der Waals surface area contributed by atoms with Gasteiger partial charge in [-0.15, -0.1) is 0 Å². The highest BCUT2D eigenvalue weighted by atomic mass is 16.4. The van der Waals surface area contributed by atoms with Crippen LogP contribution in [0.15, 0.2) is 30.3 Å². The molecule has 1 fully saturated rings. The quantitative estimate of drug-likeness (QED) is 0.837. The topological polar surface area (TPSA) is 86.7 Å². The van der Waals surface area contributed by atoms with Crippen molar-refractivity contribution in [3.63, 3.8) is 0 Å². The molecule has 2 rings (SSSR count). The molecule has 1 aromatic rings. The van der Waals surface area contributed by atoms with Crippen molar-refractivity contribution in [1.82, 2.24) is 5.32 Å². The van der Waals surface area contributed by atoms with Gasteiger partial charge in [0.15, 0.2) is 0 Å². The Bertz CT molecular complexity index is 553. The maximum atomic E-state index is 12.3. The first-order valence-corrected chi connectivity index (χ1v) is 7.93. The fraction of sp³-hybridized carbons (Fsp3) is 0.471. The number of carboxylic acid groups (broad SMARTS) is 1. The first-order valence-electron chi connectivity index (χ1n) is 7.93. The molecule has 0 aliphatic heterocycles. The third-order valence-electron chi connectivity index (χ3n) is 4.05. The molecule has 1 aliphatic carbocycles. The molecule has 1 aliphatic rings. The summed E-state index contributed by atoms with van der Waals surface area (Å²) in [4.78, 5) is 36.6. The number of para-hydroxylation sites is 1. The van der Waals surface area contributed by atoms with Crippen LogP contribution in [0.2, 0.25) is 0 Å². The van der Waals surface area contributed by atoms with E-state index in [1.165, 1.54) is 4.90 Å². The van der Waals surface area contributed by atoms with E-state index >= 15 is 0 Å². The number of carbonyl (C=O) groups excluding carboxylic acids is 2. The SMILES string of the molecule is O=C(O)CN(C(=O)CNC(=O)C1CCCCC1)c1ccccc1. The molecule has 2 N–H and O–H groups in total. The Morgan fingerprint density at radius 3 is 2.35 bits per heavy atom. The van der Waals surface area contributed by atoms with E-state index in [4.69, 9.17) is 5.11 Å². The predicted molar refractivity (Wildman–Crippen MR) is 86.0 cm³/mol. The van der Waals surface area contributed by atoms with E-state index in [0.29, 0.717) is 5.69 Å². The Hall–Kier alpha value is -2.37. The van der Waals surface area contributed by atoms with Gasteiger partial charge in [-0.3, -0.25) is 19.3 Å². The summed E-state index contributed by atoms with van der Waals surface area (Å²) in [7, 11) is 0. The molecule has 1 aromatic carbocycles. The number of hydrogen-bond acceptors (Lipinski definition) is 3. The lowest BCUT2D eigenvalue weighted by Gasteiger charge is -2.23. The molecular formula is C17H22N2O4. The van der Waals surface area contributed by atoms with Crippen molar-refractivity contribution in [2.75, 3.05) is 18.0 Å². The molecule has 0 atom stereocenters. The first-order chi connectivity index (χ1) is 11.1. The lowest BCUT2D eigenvalue weighted by molar-refractivity contribution is -0.136. The van der Waals surface area contributed by atoms with Crippen molar-refractivity contribution in [1.29, 1.82) is 0 Å². The molecule has 0 heterocycles. The summed E-state index contributed by atoms with van der Waals surface area (Å²) in [6.07, 6.45) is 4.96. The summed E-state index contributed by atoms with van der Waals surface area (Å²) < 4.78 is 0. The summed E-state index contributed by atoms with van der Waals surface area (Å²) in [6, 6.07) is 8.60. The highest BCUT2D eigenvalue weighted by molar-refractivity contribution is 6.00. The zero-order valence-corrected chi connectivity index (χ0v) is 13.0. The molecule has 0 unspecified atom stereocenters. The minimum atomic E-state index is -1.10. The summed E-state index contributed by atoms with van der Waals surface area (Å²) in [5.74, 6) is -1.66. The van der Waals surface area contributed by atoms with Gasteiger partial charge in [-0.1, -0.05) is 37.5 Å². The minimum Gasteiger partial charge on any atom is -0.480 e. The molecule has 6 heteroatoms. The van der Waals surface area contributed by atoms with E-state index < -0.39 is 18.4 Å². The number of carbonyl (C=O) groups is 3. The maximum Gasteiger partial charge on any atom is 0.323 e. The Balaban J connectivity index is 1.95. The fourth-order valence-corrected chi connectivity index (χ4v) is 2.83. The summed E-state index contributed by atoms with van der Waals surface area (Å²) in [5, 5.41) is 11.6. The second kappa shape index (κ2) is 8.31. The van der Waals surface area contributed by atoms with Crippen LogP contribution in [-0.2, 0) is 14.4 Å². The molecule has 0 aromatic heterocycles. The van der Waals surface area contributed by atoms with E-state index in [1.807, 2.05) is 0 Å². The number of amides is 2. The molecule has 0 radical (unpaired) electrons. The van der Waals surface area contributed by atoms with Gasteiger partial charge in [0.2, 0.25) is 11.8 Å². The van der Waals surface area contributed by atoms with Gasteiger partial charge in [0.25, 0.3) is 0 Å². The van der Waals surface area contributed by atoms with Gasteiger partial charge >= 0.3 is 5.97 Å². The highest BCUT2D eigenvalue weighted by Crippen LogP contribution is 2.23. The number of anilines is 1. The average Bonchev–Trinajstić information content (AvgIpc) is 2.58. The Labute approximate surface area is 135 Å². The van der Waals surface area contributed by atoms with Crippen molar-refractivity contribution >= 4 is 23.5 Å². The number of nitrogens with one attached hydrogen (secondary N) is 1. The smallest absolute Gasteiger partial charge is 0.323 e. The number of benzene rings is 1. The molecule has 23 heavy (non-hydrogen) atoms. The lowest BCUT2D eigenvalue weighted by atomic mass is 9.89. The van der Waals surface area contributed by atoms with Crippen molar-refractivity contribution in [3.8, 4) is 0 Å². The maximum absolute atomic E-state index is 12.3. The van der Waals surface area contributed by atoms with Crippen LogP contribution >= 0.6 is 0 Å². The lowest BCUT2D eigenvalue weighted by Crippen LogP contribution is -2.44. The Morgan fingerprint density at radius 2 is 1.74 bits per heavy atom. The predicted octanol–water partition coefficient (Wildman–Crippen LogP) is 1.80. The number of hydrogen-bond donors (Lipinski definition) is 2. The Kier molecular flexibility index (Phi) is 6.14. The monoisotopic (exact) mass is 318 g/mol. The van der Waals surface area contributed by atoms with Crippen molar-refractivity contribution < 1.29 is 19.5 Å². The van der Waals surface area contributed by atoms with E-state index in [0.717, 1.165) is 32.1 Å². The van der Waals surface area contributed by atoms with Crippen LogP contribution in [0.25, 0.3) is 0 Å². The number of carboxylic acids is 1.